The van der Waals surface area contributed by atoms with Crippen LogP contribution in [0.1, 0.15) is 16.8 Å². The van der Waals surface area contributed by atoms with E-state index in [1.165, 1.54) is 18.2 Å². The summed E-state index contributed by atoms with van der Waals surface area (Å²) in [5, 5.41) is 18.0. The van der Waals surface area contributed by atoms with E-state index in [0.717, 1.165) is 5.69 Å². The second kappa shape index (κ2) is 4.81. The highest BCUT2D eigenvalue weighted by atomic mass is 19.1. The molecule has 0 aliphatic heterocycles. The van der Waals surface area contributed by atoms with Crippen LogP contribution in [0.15, 0.2) is 36.5 Å². The molecule has 0 saturated heterocycles. The van der Waals surface area contributed by atoms with E-state index in [1.54, 1.807) is 22.9 Å². The molecule has 0 unspecified atom stereocenters. The molecule has 1 heterocycles. The lowest BCUT2D eigenvalue weighted by molar-refractivity contribution is 0.271. The Morgan fingerprint density at radius 2 is 2.18 bits per heavy atom. The van der Waals surface area contributed by atoms with Crippen molar-refractivity contribution in [3.8, 4) is 6.07 Å². The number of hydrogen-bond donors (Lipinski definition) is 1. The number of benzene rings is 1. The molecule has 0 radical (unpaired) electrons. The molecule has 2 rings (SSSR count). The second-order valence-corrected chi connectivity index (χ2v) is 3.70. The summed E-state index contributed by atoms with van der Waals surface area (Å²) in [5.41, 5.74) is 1.79. The zero-order chi connectivity index (χ0) is 12.3. The SMILES string of the molecule is N#Cc1ccc(F)cc1Cn1cccc1CO. The monoisotopic (exact) mass is 230 g/mol. The van der Waals surface area contributed by atoms with Crippen molar-refractivity contribution in [1.82, 2.24) is 4.57 Å². The van der Waals surface area contributed by atoms with Crippen molar-refractivity contribution in [1.29, 1.82) is 5.26 Å². The average Bonchev–Trinajstić information content (AvgIpc) is 2.77. The van der Waals surface area contributed by atoms with Crippen molar-refractivity contribution in [2.24, 2.45) is 0 Å². The Morgan fingerprint density at radius 3 is 2.88 bits per heavy atom. The van der Waals surface area contributed by atoms with Crippen LogP contribution < -0.4 is 0 Å². The zero-order valence-corrected chi connectivity index (χ0v) is 9.10. The maximum absolute atomic E-state index is 13.1. The van der Waals surface area contributed by atoms with Crippen molar-refractivity contribution < 1.29 is 9.50 Å². The number of nitrogens with zero attached hydrogens (tertiary/aromatic N) is 2. The molecule has 17 heavy (non-hydrogen) atoms. The van der Waals surface area contributed by atoms with Gasteiger partial charge in [0.05, 0.1) is 18.2 Å². The standard InChI is InChI=1S/C13H11FN2O/c14-12-4-3-10(7-15)11(6-12)8-16-5-1-2-13(16)9-17/h1-6,17H,8-9H2. The first-order valence-corrected chi connectivity index (χ1v) is 5.18. The first-order chi connectivity index (χ1) is 8.24. The van der Waals surface area contributed by atoms with E-state index < -0.39 is 0 Å². The Morgan fingerprint density at radius 1 is 1.35 bits per heavy atom. The molecule has 0 fully saturated rings. The summed E-state index contributed by atoms with van der Waals surface area (Å²) >= 11 is 0. The molecule has 1 N–H and O–H groups in total. The predicted molar refractivity (Wildman–Crippen MR) is 60.6 cm³/mol. The van der Waals surface area contributed by atoms with Crippen LogP contribution in [0.4, 0.5) is 4.39 Å². The predicted octanol–water partition coefficient (Wildman–Crippen LogP) is 2.04. The summed E-state index contributed by atoms with van der Waals surface area (Å²) in [6.45, 7) is 0.299. The molecule has 0 spiro atoms. The highest BCUT2D eigenvalue weighted by Crippen LogP contribution is 2.14. The minimum atomic E-state index is -0.364. The summed E-state index contributed by atoms with van der Waals surface area (Å²) < 4.78 is 14.9. The fourth-order valence-corrected chi connectivity index (χ4v) is 1.73. The number of halogens is 1. The third kappa shape index (κ3) is 2.35. The van der Waals surface area contributed by atoms with Crippen LogP contribution in [0.25, 0.3) is 0 Å². The van der Waals surface area contributed by atoms with Gasteiger partial charge in [-0.2, -0.15) is 5.26 Å². The van der Waals surface area contributed by atoms with Gasteiger partial charge in [-0.05, 0) is 35.9 Å². The lowest BCUT2D eigenvalue weighted by atomic mass is 10.1. The van der Waals surface area contributed by atoms with E-state index in [-0.39, 0.29) is 12.4 Å². The highest BCUT2D eigenvalue weighted by Gasteiger charge is 2.06. The number of aromatic nitrogens is 1. The van der Waals surface area contributed by atoms with Gasteiger partial charge in [0.15, 0.2) is 0 Å². The minimum Gasteiger partial charge on any atom is -0.390 e. The van der Waals surface area contributed by atoms with Gasteiger partial charge < -0.3 is 9.67 Å². The van der Waals surface area contributed by atoms with Crippen LogP contribution >= 0.6 is 0 Å². The van der Waals surface area contributed by atoms with Crippen molar-refractivity contribution in [2.45, 2.75) is 13.2 Å². The van der Waals surface area contributed by atoms with Gasteiger partial charge in [0.2, 0.25) is 0 Å². The summed E-state index contributed by atoms with van der Waals surface area (Å²) in [6.07, 6.45) is 1.79. The lowest BCUT2D eigenvalue weighted by Gasteiger charge is -2.09. The van der Waals surface area contributed by atoms with Gasteiger partial charge in [-0.3, -0.25) is 0 Å². The molecule has 1 aromatic heterocycles. The van der Waals surface area contributed by atoms with E-state index in [9.17, 15) is 4.39 Å². The van der Waals surface area contributed by atoms with Crippen LogP contribution in [0.3, 0.4) is 0 Å². The topological polar surface area (TPSA) is 49.0 Å². The summed E-state index contributed by atoms with van der Waals surface area (Å²) in [5.74, 6) is -0.364. The summed E-state index contributed by atoms with van der Waals surface area (Å²) in [7, 11) is 0. The second-order valence-electron chi connectivity index (χ2n) is 3.70. The zero-order valence-electron chi connectivity index (χ0n) is 9.10. The molecule has 0 saturated carbocycles. The van der Waals surface area contributed by atoms with Gasteiger partial charge >= 0.3 is 0 Å². The van der Waals surface area contributed by atoms with E-state index in [1.807, 2.05) is 6.07 Å². The number of aliphatic hydroxyl groups is 1. The van der Waals surface area contributed by atoms with Crippen molar-refractivity contribution >= 4 is 0 Å². The Balaban J connectivity index is 2.36. The molecular formula is C13H11FN2O. The molecule has 0 amide bonds. The Kier molecular flexibility index (Phi) is 3.22. The van der Waals surface area contributed by atoms with Crippen molar-refractivity contribution in [3.63, 3.8) is 0 Å². The molecule has 0 aliphatic rings. The first kappa shape index (κ1) is 11.4. The van der Waals surface area contributed by atoms with Crippen LogP contribution in [-0.2, 0) is 13.2 Å². The molecule has 0 atom stereocenters. The van der Waals surface area contributed by atoms with Crippen LogP contribution in [0.5, 0.6) is 0 Å². The molecule has 3 nitrogen and oxygen atoms in total. The van der Waals surface area contributed by atoms with E-state index in [2.05, 4.69) is 0 Å². The van der Waals surface area contributed by atoms with E-state index in [0.29, 0.717) is 17.7 Å². The number of rotatable bonds is 3. The number of hydrogen-bond acceptors (Lipinski definition) is 2. The van der Waals surface area contributed by atoms with Gasteiger partial charge in [-0.1, -0.05) is 0 Å². The van der Waals surface area contributed by atoms with Gasteiger partial charge in [0.25, 0.3) is 0 Å². The number of aliphatic hydroxyl groups excluding tert-OH is 1. The molecule has 1 aromatic carbocycles. The molecule has 4 heteroatoms. The Labute approximate surface area is 98.4 Å². The normalized spacial score (nSPS) is 10.2. The van der Waals surface area contributed by atoms with Gasteiger partial charge in [-0.25, -0.2) is 4.39 Å². The van der Waals surface area contributed by atoms with E-state index in [4.69, 9.17) is 10.4 Å². The van der Waals surface area contributed by atoms with Gasteiger partial charge in [0, 0.05) is 18.4 Å². The molecule has 0 aliphatic carbocycles. The third-order valence-electron chi connectivity index (χ3n) is 2.61. The average molecular weight is 230 g/mol. The van der Waals surface area contributed by atoms with Crippen LogP contribution in [0.2, 0.25) is 0 Å². The molecule has 2 aromatic rings. The van der Waals surface area contributed by atoms with Gasteiger partial charge in [-0.15, -0.1) is 0 Å². The van der Waals surface area contributed by atoms with Gasteiger partial charge in [0.1, 0.15) is 5.82 Å². The highest BCUT2D eigenvalue weighted by molar-refractivity contribution is 5.38. The maximum atomic E-state index is 13.1. The fraction of sp³-hybridized carbons (Fsp3) is 0.154. The molecule has 86 valence electrons. The fourth-order valence-electron chi connectivity index (χ4n) is 1.73. The summed E-state index contributed by atoms with van der Waals surface area (Å²) in [6, 6.07) is 9.70. The van der Waals surface area contributed by atoms with E-state index >= 15 is 0 Å². The first-order valence-electron chi connectivity index (χ1n) is 5.18. The largest absolute Gasteiger partial charge is 0.390 e. The van der Waals surface area contributed by atoms with Crippen LogP contribution in [-0.4, -0.2) is 9.67 Å². The quantitative estimate of drug-likeness (QED) is 0.877. The smallest absolute Gasteiger partial charge is 0.123 e. The maximum Gasteiger partial charge on any atom is 0.123 e. The Bertz CT molecular complexity index is 569. The van der Waals surface area contributed by atoms with Crippen molar-refractivity contribution in [2.75, 3.05) is 0 Å². The molecular weight excluding hydrogens is 219 g/mol. The minimum absolute atomic E-state index is 0.0792. The third-order valence-corrected chi connectivity index (χ3v) is 2.61. The molecule has 0 bridgehead atoms. The summed E-state index contributed by atoms with van der Waals surface area (Å²) in [4.78, 5) is 0. The lowest BCUT2D eigenvalue weighted by Crippen LogP contribution is -2.05. The number of nitriles is 1. The van der Waals surface area contributed by atoms with Crippen molar-refractivity contribution in [3.05, 3.63) is 59.2 Å². The van der Waals surface area contributed by atoms with Crippen LogP contribution in [0, 0.1) is 17.1 Å². The Hall–Kier alpha value is -2.12.